The largest absolute Gasteiger partial charge is 0.464 e. The van der Waals surface area contributed by atoms with Crippen molar-refractivity contribution in [3.63, 3.8) is 0 Å². The minimum Gasteiger partial charge on any atom is -0.464 e. The fourth-order valence-corrected chi connectivity index (χ4v) is 2.56. The molecule has 162 valence electrons. The number of aliphatic imine (C=N–C) groups is 1. The van der Waals surface area contributed by atoms with Gasteiger partial charge in [0.05, 0.1) is 19.2 Å². The van der Waals surface area contributed by atoms with Crippen molar-refractivity contribution in [3.05, 3.63) is 59.0 Å². The SMILES string of the molecule is CCNC(=NCc1cccc(COCC(F)(F)F)c1)NC(C)c1ccc(C)o1.I. The van der Waals surface area contributed by atoms with Crippen LogP contribution in [0.15, 0.2) is 45.8 Å². The molecule has 1 heterocycles. The van der Waals surface area contributed by atoms with E-state index >= 15 is 0 Å². The molecule has 0 radical (unpaired) electrons. The number of rotatable bonds is 8. The Morgan fingerprint density at radius 3 is 2.55 bits per heavy atom. The minimum absolute atomic E-state index is 0. The molecule has 2 rings (SSSR count). The lowest BCUT2D eigenvalue weighted by atomic mass is 10.1. The number of halogens is 4. The molecule has 29 heavy (non-hydrogen) atoms. The van der Waals surface area contributed by atoms with Crippen LogP contribution in [0.4, 0.5) is 13.2 Å². The summed E-state index contributed by atoms with van der Waals surface area (Å²) in [6.07, 6.45) is -4.32. The van der Waals surface area contributed by atoms with E-state index in [1.54, 1.807) is 18.2 Å². The van der Waals surface area contributed by atoms with Crippen molar-refractivity contribution in [2.75, 3.05) is 13.2 Å². The first kappa shape index (κ1) is 25.3. The lowest BCUT2D eigenvalue weighted by Gasteiger charge is -2.16. The van der Waals surface area contributed by atoms with Gasteiger partial charge in [-0.1, -0.05) is 24.3 Å². The highest BCUT2D eigenvalue weighted by Crippen LogP contribution is 2.17. The quantitative estimate of drug-likeness (QED) is 0.286. The molecule has 0 amide bonds. The van der Waals surface area contributed by atoms with Gasteiger partial charge in [-0.15, -0.1) is 24.0 Å². The molecule has 2 aromatic rings. The molecular formula is C20H27F3IN3O2. The van der Waals surface area contributed by atoms with Crippen LogP contribution in [0.5, 0.6) is 0 Å². The van der Waals surface area contributed by atoms with Crippen molar-refractivity contribution in [2.45, 2.75) is 46.1 Å². The highest BCUT2D eigenvalue weighted by molar-refractivity contribution is 14.0. The monoisotopic (exact) mass is 525 g/mol. The standard InChI is InChI=1S/C20H26F3N3O2.HI/c1-4-24-19(26-15(3)18-9-8-14(2)28-18)25-11-16-6-5-7-17(10-16)12-27-13-20(21,22)23;/h5-10,15H,4,11-13H2,1-3H3,(H2,24,25,26);1H. The van der Waals surface area contributed by atoms with Gasteiger partial charge >= 0.3 is 6.18 Å². The van der Waals surface area contributed by atoms with Crippen molar-refractivity contribution in [1.29, 1.82) is 0 Å². The van der Waals surface area contributed by atoms with Crippen LogP contribution in [0.1, 0.15) is 42.5 Å². The van der Waals surface area contributed by atoms with Gasteiger partial charge in [-0.05, 0) is 44.0 Å². The van der Waals surface area contributed by atoms with E-state index < -0.39 is 12.8 Å². The topological polar surface area (TPSA) is 58.8 Å². The molecule has 0 fully saturated rings. The molecule has 0 saturated heterocycles. The summed E-state index contributed by atoms with van der Waals surface area (Å²) >= 11 is 0. The summed E-state index contributed by atoms with van der Waals surface area (Å²) in [5.74, 6) is 2.28. The number of alkyl halides is 3. The maximum Gasteiger partial charge on any atom is 0.411 e. The molecule has 0 aliphatic rings. The molecule has 9 heteroatoms. The van der Waals surface area contributed by atoms with E-state index in [1.807, 2.05) is 39.0 Å². The Morgan fingerprint density at radius 2 is 1.93 bits per heavy atom. The second-order valence-electron chi connectivity index (χ2n) is 6.44. The fraction of sp³-hybridized carbons (Fsp3) is 0.450. The first-order valence-electron chi connectivity index (χ1n) is 9.10. The first-order valence-corrected chi connectivity index (χ1v) is 9.10. The molecular weight excluding hydrogens is 498 g/mol. The second-order valence-corrected chi connectivity index (χ2v) is 6.44. The minimum atomic E-state index is -4.32. The van der Waals surface area contributed by atoms with Gasteiger partial charge in [0.1, 0.15) is 18.1 Å². The lowest BCUT2D eigenvalue weighted by Crippen LogP contribution is -2.38. The molecule has 0 bridgehead atoms. The number of furan rings is 1. The Kier molecular flexibility index (Phi) is 10.5. The fourth-order valence-electron chi connectivity index (χ4n) is 2.56. The molecule has 0 saturated carbocycles. The van der Waals surface area contributed by atoms with E-state index in [2.05, 4.69) is 15.6 Å². The van der Waals surface area contributed by atoms with E-state index in [-0.39, 0.29) is 36.6 Å². The lowest BCUT2D eigenvalue weighted by molar-refractivity contribution is -0.176. The molecule has 2 N–H and O–H groups in total. The van der Waals surface area contributed by atoms with E-state index in [4.69, 9.17) is 9.15 Å². The summed E-state index contributed by atoms with van der Waals surface area (Å²) in [6, 6.07) is 10.9. The van der Waals surface area contributed by atoms with Gasteiger partial charge in [0.25, 0.3) is 0 Å². The van der Waals surface area contributed by atoms with Gasteiger partial charge in [-0.2, -0.15) is 13.2 Å². The van der Waals surface area contributed by atoms with Crippen LogP contribution in [0, 0.1) is 6.92 Å². The number of nitrogens with zero attached hydrogens (tertiary/aromatic N) is 1. The maximum atomic E-state index is 12.2. The molecule has 1 aromatic heterocycles. The molecule has 5 nitrogen and oxygen atoms in total. The normalized spacial score (nSPS) is 13.0. The van der Waals surface area contributed by atoms with E-state index in [1.165, 1.54) is 0 Å². The van der Waals surface area contributed by atoms with E-state index in [0.717, 1.165) is 17.1 Å². The zero-order chi connectivity index (χ0) is 20.6. The van der Waals surface area contributed by atoms with Gasteiger partial charge < -0.3 is 19.8 Å². The molecule has 0 aliphatic heterocycles. The number of hydrogen-bond donors (Lipinski definition) is 2. The Bertz CT molecular complexity index is 778. The zero-order valence-electron chi connectivity index (χ0n) is 16.7. The van der Waals surface area contributed by atoms with Gasteiger partial charge in [0.2, 0.25) is 0 Å². The van der Waals surface area contributed by atoms with Crippen molar-refractivity contribution >= 4 is 29.9 Å². The molecule has 1 unspecified atom stereocenters. The third-order valence-corrected chi connectivity index (χ3v) is 3.83. The van der Waals surface area contributed by atoms with E-state index in [9.17, 15) is 13.2 Å². The van der Waals surface area contributed by atoms with Crippen molar-refractivity contribution in [3.8, 4) is 0 Å². The number of nitrogens with one attached hydrogen (secondary N) is 2. The Morgan fingerprint density at radius 1 is 1.21 bits per heavy atom. The van der Waals surface area contributed by atoms with Crippen LogP contribution in [-0.2, 0) is 17.9 Å². The van der Waals surface area contributed by atoms with Crippen LogP contribution in [0.3, 0.4) is 0 Å². The molecule has 0 spiro atoms. The van der Waals surface area contributed by atoms with E-state index in [0.29, 0.717) is 24.6 Å². The molecule has 1 atom stereocenters. The predicted octanol–water partition coefficient (Wildman–Crippen LogP) is 5.10. The summed E-state index contributed by atoms with van der Waals surface area (Å²) in [6.45, 7) is 5.56. The summed E-state index contributed by atoms with van der Waals surface area (Å²) in [4.78, 5) is 4.55. The number of guanidine groups is 1. The van der Waals surface area contributed by atoms with Crippen molar-refractivity contribution < 1.29 is 22.3 Å². The Labute approximate surface area is 186 Å². The third-order valence-electron chi connectivity index (χ3n) is 3.83. The second kappa shape index (κ2) is 12.1. The van der Waals surface area contributed by atoms with Crippen LogP contribution in [0.2, 0.25) is 0 Å². The Hall–Kier alpha value is -1.75. The van der Waals surface area contributed by atoms with Crippen molar-refractivity contribution in [1.82, 2.24) is 10.6 Å². The molecule has 0 aliphatic carbocycles. The van der Waals surface area contributed by atoms with Crippen LogP contribution in [0.25, 0.3) is 0 Å². The van der Waals surface area contributed by atoms with Gasteiger partial charge in [0, 0.05) is 6.54 Å². The number of hydrogen-bond acceptors (Lipinski definition) is 3. The van der Waals surface area contributed by atoms with Gasteiger partial charge in [-0.25, -0.2) is 4.99 Å². The summed E-state index contributed by atoms with van der Waals surface area (Å²) in [7, 11) is 0. The first-order chi connectivity index (χ1) is 13.3. The average Bonchev–Trinajstić information content (AvgIpc) is 3.06. The third kappa shape index (κ3) is 9.53. The smallest absolute Gasteiger partial charge is 0.411 e. The van der Waals surface area contributed by atoms with Gasteiger partial charge in [-0.3, -0.25) is 0 Å². The number of ether oxygens (including phenoxy) is 1. The van der Waals surface area contributed by atoms with Crippen molar-refractivity contribution in [2.24, 2.45) is 4.99 Å². The van der Waals surface area contributed by atoms with Crippen LogP contribution in [-0.4, -0.2) is 25.3 Å². The zero-order valence-corrected chi connectivity index (χ0v) is 19.0. The number of aryl methyl sites for hydroxylation is 1. The highest BCUT2D eigenvalue weighted by Gasteiger charge is 2.27. The molecule has 1 aromatic carbocycles. The van der Waals surface area contributed by atoms with Gasteiger partial charge in [0.15, 0.2) is 5.96 Å². The number of benzene rings is 1. The summed E-state index contributed by atoms with van der Waals surface area (Å²) < 4.78 is 46.9. The summed E-state index contributed by atoms with van der Waals surface area (Å²) in [5.41, 5.74) is 1.56. The van der Waals surface area contributed by atoms with Crippen LogP contribution < -0.4 is 10.6 Å². The summed E-state index contributed by atoms with van der Waals surface area (Å²) in [5, 5.41) is 6.45. The Balaban J connectivity index is 0.00000420. The van der Waals surface area contributed by atoms with Crippen LogP contribution >= 0.6 is 24.0 Å². The predicted molar refractivity (Wildman–Crippen MR) is 117 cm³/mol. The highest BCUT2D eigenvalue weighted by atomic mass is 127. The maximum absolute atomic E-state index is 12.2. The average molecular weight is 525 g/mol.